The molecule has 0 aliphatic heterocycles. The van der Waals surface area contributed by atoms with E-state index in [9.17, 15) is 8.42 Å². The maximum absolute atomic E-state index is 10.5. The SMILES string of the molecule is CC(C)CCBr.CC(C)CCCCCO.CC(C)CCCCCOS(C)(=O)=O.CCCCCCC(C)C.OCCCBr.[Br-].[CH2-]CC(C)C.[Mg+2]. The quantitative estimate of drug-likeness (QED) is 0.0372. The van der Waals surface area contributed by atoms with Crippen molar-refractivity contribution in [2.75, 3.05) is 36.7 Å². The standard InChI is InChI=1S/C9H20O3S.C9H20.C8H18O.C5H11Br.C5H11.C3H7BrO.BrH.Mg/c1-9(2)7-5-4-6-8-12-13(3,10)11;1-4-5-6-7-8-9(2)3;1-8(2)6-4-3-5-7-9;1-5(2)3-4-6;1-4-5(2)3;4-2-1-3-5;;/h9H,4-8H2,1-3H3;9H,4-8H2,1-3H3;8-9H,3-7H2,1-2H3;5H,3-4H2,1-2H3;5H,1,4H2,2-3H3;5H,1-3H2;1H;/q;;;;-1;;;+2/p-1. The van der Waals surface area contributed by atoms with Gasteiger partial charge in [0.2, 0.25) is 0 Å². The van der Waals surface area contributed by atoms with Gasteiger partial charge in [0.1, 0.15) is 0 Å². The van der Waals surface area contributed by atoms with Gasteiger partial charge in [-0.2, -0.15) is 14.8 Å². The molecule has 2 N–H and O–H groups in total. The largest absolute Gasteiger partial charge is 2.00 e. The summed E-state index contributed by atoms with van der Waals surface area (Å²) < 4.78 is 25.7. The minimum absolute atomic E-state index is 0. The summed E-state index contributed by atoms with van der Waals surface area (Å²) in [7, 11) is -3.23. The van der Waals surface area contributed by atoms with E-state index >= 15 is 0 Å². The second-order valence-corrected chi connectivity index (χ2v) is 17.5. The van der Waals surface area contributed by atoms with Gasteiger partial charge in [-0.1, -0.05) is 185 Å². The van der Waals surface area contributed by atoms with E-state index in [2.05, 4.69) is 119 Å². The molecule has 302 valence electrons. The van der Waals surface area contributed by atoms with Crippen LogP contribution in [0.2, 0.25) is 0 Å². The molecular formula is C39H87Br3MgO5S. The third-order valence-corrected chi connectivity index (χ3v) is 7.97. The summed E-state index contributed by atoms with van der Waals surface area (Å²) in [6.07, 6.45) is 20.4. The minimum Gasteiger partial charge on any atom is -1.00 e. The van der Waals surface area contributed by atoms with Crippen LogP contribution in [0.3, 0.4) is 0 Å². The van der Waals surface area contributed by atoms with Gasteiger partial charge in [0.05, 0.1) is 12.9 Å². The van der Waals surface area contributed by atoms with Crippen molar-refractivity contribution in [2.24, 2.45) is 29.6 Å². The van der Waals surface area contributed by atoms with Crippen molar-refractivity contribution in [1.82, 2.24) is 0 Å². The zero-order valence-corrected chi connectivity index (χ0v) is 41.8. The molecule has 0 spiro atoms. The fraction of sp³-hybridized carbons (Fsp3) is 0.974. The summed E-state index contributed by atoms with van der Waals surface area (Å²) in [5.41, 5.74) is 0. The van der Waals surface area contributed by atoms with Crippen molar-refractivity contribution in [2.45, 2.75) is 179 Å². The van der Waals surface area contributed by atoms with E-state index in [0.717, 1.165) is 85.0 Å². The molecule has 5 nitrogen and oxygen atoms in total. The molecule has 0 saturated heterocycles. The normalized spacial score (nSPS) is 10.2. The second-order valence-electron chi connectivity index (χ2n) is 14.3. The van der Waals surface area contributed by atoms with Crippen molar-refractivity contribution < 1.29 is 39.8 Å². The van der Waals surface area contributed by atoms with Crippen molar-refractivity contribution in [3.63, 3.8) is 0 Å². The maximum Gasteiger partial charge on any atom is 2.00 e. The maximum atomic E-state index is 10.5. The van der Waals surface area contributed by atoms with Crippen LogP contribution in [0.4, 0.5) is 0 Å². The first-order valence-electron chi connectivity index (χ1n) is 18.9. The van der Waals surface area contributed by atoms with Crippen molar-refractivity contribution >= 4 is 65.0 Å². The molecule has 0 heterocycles. The van der Waals surface area contributed by atoms with Crippen LogP contribution in [0.1, 0.15) is 179 Å². The number of halogens is 3. The van der Waals surface area contributed by atoms with Gasteiger partial charge >= 0.3 is 23.1 Å². The van der Waals surface area contributed by atoms with Crippen molar-refractivity contribution in [3.05, 3.63) is 6.92 Å². The average Bonchev–Trinajstić information content (AvgIpc) is 2.96. The Balaban J connectivity index is -0.0000000705. The van der Waals surface area contributed by atoms with E-state index < -0.39 is 10.1 Å². The first kappa shape index (κ1) is 69.0. The van der Waals surface area contributed by atoms with E-state index in [1.165, 1.54) is 64.2 Å². The summed E-state index contributed by atoms with van der Waals surface area (Å²) in [5.74, 6) is 4.08. The van der Waals surface area contributed by atoms with Crippen LogP contribution >= 0.6 is 31.9 Å². The molecule has 0 aliphatic carbocycles. The summed E-state index contributed by atoms with van der Waals surface area (Å²) in [6, 6.07) is 0. The Morgan fingerprint density at radius 3 is 1.12 bits per heavy atom. The van der Waals surface area contributed by atoms with E-state index in [0.29, 0.717) is 19.8 Å². The first-order chi connectivity index (χ1) is 21.9. The average molecular weight is 932 g/mol. The van der Waals surface area contributed by atoms with Crippen molar-refractivity contribution in [1.29, 1.82) is 0 Å². The van der Waals surface area contributed by atoms with Crippen LogP contribution in [0.15, 0.2) is 0 Å². The summed E-state index contributed by atoms with van der Waals surface area (Å²) in [5, 5.41) is 18.5. The monoisotopic (exact) mass is 928 g/mol. The number of alkyl halides is 2. The Hall–Kier alpha value is 2.04. The smallest absolute Gasteiger partial charge is 1.00 e. The van der Waals surface area contributed by atoms with E-state index in [1.807, 2.05) is 0 Å². The fourth-order valence-electron chi connectivity index (χ4n) is 3.14. The van der Waals surface area contributed by atoms with Gasteiger partial charge in [0, 0.05) is 23.9 Å². The van der Waals surface area contributed by atoms with Gasteiger partial charge in [0.15, 0.2) is 0 Å². The van der Waals surface area contributed by atoms with Gasteiger partial charge in [-0.3, -0.25) is 4.18 Å². The number of aliphatic hydroxyl groups is 2. The van der Waals surface area contributed by atoms with Crippen LogP contribution in [0.5, 0.6) is 0 Å². The van der Waals surface area contributed by atoms with Crippen LogP contribution in [-0.2, 0) is 14.3 Å². The van der Waals surface area contributed by atoms with Gasteiger partial charge < -0.3 is 34.1 Å². The summed E-state index contributed by atoms with van der Waals surface area (Å²) in [6.45, 7) is 29.1. The molecule has 0 bridgehead atoms. The topological polar surface area (TPSA) is 83.8 Å². The fourth-order valence-corrected chi connectivity index (χ4v) is 4.73. The Kier molecular flexibility index (Phi) is 83.5. The molecule has 0 atom stereocenters. The molecule has 0 aliphatic rings. The molecular weight excluding hydrogens is 845 g/mol. The molecule has 0 aromatic rings. The predicted octanol–water partition coefficient (Wildman–Crippen LogP) is 9.67. The first-order valence-corrected chi connectivity index (χ1v) is 22.9. The number of aliphatic hydroxyl groups excluding tert-OH is 2. The summed E-state index contributed by atoms with van der Waals surface area (Å²) in [4.78, 5) is 0. The number of rotatable bonds is 22. The zero-order chi connectivity index (χ0) is 37.9. The Morgan fingerprint density at radius 2 is 0.918 bits per heavy atom. The molecule has 0 aromatic heterocycles. The van der Waals surface area contributed by atoms with Gasteiger partial charge in [-0.05, 0) is 49.4 Å². The van der Waals surface area contributed by atoms with Gasteiger partial charge in [0.25, 0.3) is 10.1 Å². The molecule has 49 heavy (non-hydrogen) atoms. The molecule has 0 fully saturated rings. The van der Waals surface area contributed by atoms with E-state index in [-0.39, 0.29) is 40.0 Å². The van der Waals surface area contributed by atoms with Gasteiger partial charge in [-0.25, -0.2) is 0 Å². The Bertz CT molecular complexity index is 591. The molecule has 0 radical (unpaired) electrons. The third kappa shape index (κ3) is 120. The Labute approximate surface area is 354 Å². The number of hydrogen-bond donors (Lipinski definition) is 2. The molecule has 0 rings (SSSR count). The molecule has 0 saturated carbocycles. The zero-order valence-electron chi connectivity index (χ0n) is 34.8. The molecule has 0 amide bonds. The van der Waals surface area contributed by atoms with Gasteiger partial charge in [-0.15, -0.1) is 0 Å². The number of unbranched alkanes of at least 4 members (excludes halogenated alkanes) is 7. The molecule has 0 unspecified atom stereocenters. The van der Waals surface area contributed by atoms with Crippen molar-refractivity contribution in [3.8, 4) is 0 Å². The second kappa shape index (κ2) is 59.3. The van der Waals surface area contributed by atoms with Crippen LogP contribution in [-0.4, -0.2) is 78.4 Å². The minimum atomic E-state index is -3.23. The number of hydrogen-bond acceptors (Lipinski definition) is 5. The van der Waals surface area contributed by atoms with Crippen LogP contribution in [0.25, 0.3) is 0 Å². The Morgan fingerprint density at radius 1 is 0.571 bits per heavy atom. The summed E-state index contributed by atoms with van der Waals surface area (Å²) >= 11 is 6.50. The molecule has 0 aromatic carbocycles. The predicted molar refractivity (Wildman–Crippen MR) is 227 cm³/mol. The van der Waals surface area contributed by atoms with Crippen LogP contribution in [0, 0.1) is 36.5 Å². The molecule has 10 heteroatoms. The third-order valence-electron chi connectivity index (χ3n) is 6.35. The van der Waals surface area contributed by atoms with E-state index in [1.54, 1.807) is 0 Å². The van der Waals surface area contributed by atoms with E-state index in [4.69, 9.17) is 10.2 Å². The van der Waals surface area contributed by atoms with Crippen LogP contribution < -0.4 is 17.0 Å².